The van der Waals surface area contributed by atoms with Gasteiger partial charge < -0.3 is 15.7 Å². The molecule has 5 nitrogen and oxygen atoms in total. The highest BCUT2D eigenvalue weighted by Gasteiger charge is 2.22. The highest BCUT2D eigenvalue weighted by atomic mass is 16.4. The first-order valence-corrected chi connectivity index (χ1v) is 11.4. The van der Waals surface area contributed by atoms with Gasteiger partial charge in [-0.3, -0.25) is 4.79 Å². The van der Waals surface area contributed by atoms with Gasteiger partial charge >= 0.3 is 5.97 Å². The standard InChI is InChI=1S/C28H32N2O3/c1-4-21-8-6-7-9-25(21)27(31)30-26(28(32)33)16-20-11-14-22(15-12-20)23-13-10-19(3)24(17-23)18-29-5-2/h6-15,17,26,29H,4-5,16,18H2,1-3H3,(H,30,31)(H,32,33). The second-order valence-corrected chi connectivity index (χ2v) is 8.20. The Hall–Kier alpha value is -3.44. The molecule has 0 fully saturated rings. The van der Waals surface area contributed by atoms with E-state index in [9.17, 15) is 14.7 Å². The minimum absolute atomic E-state index is 0.217. The Morgan fingerprint density at radius 2 is 1.61 bits per heavy atom. The molecule has 0 radical (unpaired) electrons. The zero-order valence-corrected chi connectivity index (χ0v) is 19.5. The van der Waals surface area contributed by atoms with Crippen molar-refractivity contribution in [1.82, 2.24) is 10.6 Å². The van der Waals surface area contributed by atoms with Crippen LogP contribution in [0.4, 0.5) is 0 Å². The van der Waals surface area contributed by atoms with Gasteiger partial charge in [-0.05, 0) is 65.4 Å². The lowest BCUT2D eigenvalue weighted by atomic mass is 9.97. The van der Waals surface area contributed by atoms with E-state index in [2.05, 4.69) is 42.7 Å². The first-order valence-electron chi connectivity index (χ1n) is 11.4. The zero-order valence-electron chi connectivity index (χ0n) is 19.5. The molecule has 3 aromatic rings. The summed E-state index contributed by atoms with van der Waals surface area (Å²) >= 11 is 0. The second kappa shape index (κ2) is 11.4. The predicted octanol–water partition coefficient (Wildman–Crippen LogP) is 4.76. The summed E-state index contributed by atoms with van der Waals surface area (Å²) in [4.78, 5) is 24.6. The maximum Gasteiger partial charge on any atom is 0.326 e. The number of amides is 1. The van der Waals surface area contributed by atoms with Crippen molar-refractivity contribution in [2.45, 2.75) is 46.2 Å². The van der Waals surface area contributed by atoms with Crippen LogP contribution in [0, 0.1) is 6.92 Å². The van der Waals surface area contributed by atoms with Gasteiger partial charge in [0.05, 0.1) is 0 Å². The Labute approximate surface area is 195 Å². The van der Waals surface area contributed by atoms with Crippen LogP contribution >= 0.6 is 0 Å². The lowest BCUT2D eigenvalue weighted by Crippen LogP contribution is -2.42. The van der Waals surface area contributed by atoms with Crippen LogP contribution in [-0.4, -0.2) is 29.6 Å². The van der Waals surface area contributed by atoms with Gasteiger partial charge in [0.1, 0.15) is 6.04 Å². The Morgan fingerprint density at radius 1 is 0.909 bits per heavy atom. The van der Waals surface area contributed by atoms with Crippen LogP contribution in [0.25, 0.3) is 11.1 Å². The fraction of sp³-hybridized carbons (Fsp3) is 0.286. The quantitative estimate of drug-likeness (QED) is 0.421. The Morgan fingerprint density at radius 3 is 2.27 bits per heavy atom. The Balaban J connectivity index is 1.73. The number of rotatable bonds is 10. The average molecular weight is 445 g/mol. The van der Waals surface area contributed by atoms with Gasteiger partial charge in [0.25, 0.3) is 5.91 Å². The third kappa shape index (κ3) is 6.30. The summed E-state index contributed by atoms with van der Waals surface area (Å²) < 4.78 is 0. The van der Waals surface area contributed by atoms with Gasteiger partial charge in [0, 0.05) is 18.5 Å². The van der Waals surface area contributed by atoms with E-state index in [1.807, 2.05) is 43.3 Å². The molecule has 0 aliphatic carbocycles. The van der Waals surface area contributed by atoms with Crippen LogP contribution in [0.1, 0.15) is 46.5 Å². The molecule has 172 valence electrons. The number of carbonyl (C=O) groups excluding carboxylic acids is 1. The highest BCUT2D eigenvalue weighted by molar-refractivity contribution is 5.97. The van der Waals surface area contributed by atoms with Crippen LogP contribution in [0.15, 0.2) is 66.7 Å². The molecule has 5 heteroatoms. The summed E-state index contributed by atoms with van der Waals surface area (Å²) in [5.41, 5.74) is 6.99. The molecular formula is C28H32N2O3. The lowest BCUT2D eigenvalue weighted by molar-refractivity contribution is -0.139. The molecule has 0 aliphatic rings. The van der Waals surface area contributed by atoms with Gasteiger partial charge in [0.2, 0.25) is 0 Å². The molecule has 0 saturated heterocycles. The highest BCUT2D eigenvalue weighted by Crippen LogP contribution is 2.23. The van der Waals surface area contributed by atoms with Crippen molar-refractivity contribution in [1.29, 1.82) is 0 Å². The fourth-order valence-corrected chi connectivity index (χ4v) is 3.86. The van der Waals surface area contributed by atoms with Crippen LogP contribution in [-0.2, 0) is 24.2 Å². The number of carbonyl (C=O) groups is 2. The molecule has 0 bridgehead atoms. The van der Waals surface area contributed by atoms with E-state index < -0.39 is 12.0 Å². The number of hydrogen-bond acceptors (Lipinski definition) is 3. The molecule has 3 N–H and O–H groups in total. The smallest absolute Gasteiger partial charge is 0.326 e. The SMILES string of the molecule is CCNCc1cc(-c2ccc(CC(NC(=O)c3ccccc3CC)C(=O)O)cc2)ccc1C. The maximum atomic E-state index is 12.7. The predicted molar refractivity (Wildman–Crippen MR) is 132 cm³/mol. The molecular weight excluding hydrogens is 412 g/mol. The second-order valence-electron chi connectivity index (χ2n) is 8.20. The molecule has 33 heavy (non-hydrogen) atoms. The first-order chi connectivity index (χ1) is 15.9. The normalized spacial score (nSPS) is 11.7. The molecule has 0 heterocycles. The van der Waals surface area contributed by atoms with Crippen LogP contribution in [0.3, 0.4) is 0 Å². The van der Waals surface area contributed by atoms with Crippen molar-refractivity contribution in [3.05, 3.63) is 94.5 Å². The topological polar surface area (TPSA) is 78.4 Å². The number of aliphatic carboxylic acids is 1. The number of benzene rings is 3. The molecule has 0 aromatic heterocycles. The van der Waals surface area contributed by atoms with E-state index in [1.54, 1.807) is 12.1 Å². The lowest BCUT2D eigenvalue weighted by Gasteiger charge is -2.16. The molecule has 3 rings (SSSR count). The molecule has 1 amide bonds. The van der Waals surface area contributed by atoms with E-state index >= 15 is 0 Å². The fourth-order valence-electron chi connectivity index (χ4n) is 3.86. The van der Waals surface area contributed by atoms with E-state index in [4.69, 9.17) is 0 Å². The Kier molecular flexibility index (Phi) is 8.39. The molecule has 1 unspecified atom stereocenters. The Bertz CT molecular complexity index is 1110. The molecule has 3 aromatic carbocycles. The average Bonchev–Trinajstić information content (AvgIpc) is 2.83. The van der Waals surface area contributed by atoms with Crippen molar-refractivity contribution in [3.63, 3.8) is 0 Å². The summed E-state index contributed by atoms with van der Waals surface area (Å²) in [5.74, 6) is -1.41. The zero-order chi connectivity index (χ0) is 23.8. The van der Waals surface area contributed by atoms with Gasteiger partial charge in [-0.25, -0.2) is 4.79 Å². The van der Waals surface area contributed by atoms with Crippen molar-refractivity contribution >= 4 is 11.9 Å². The van der Waals surface area contributed by atoms with Crippen LogP contribution in [0.2, 0.25) is 0 Å². The first kappa shape index (κ1) is 24.2. The summed E-state index contributed by atoms with van der Waals surface area (Å²) in [6, 6.07) is 20.6. The summed E-state index contributed by atoms with van der Waals surface area (Å²) in [7, 11) is 0. The number of hydrogen-bond donors (Lipinski definition) is 3. The van der Waals surface area contributed by atoms with Gasteiger partial charge in [-0.15, -0.1) is 0 Å². The number of carboxylic acids is 1. The summed E-state index contributed by atoms with van der Waals surface area (Å²) in [5, 5.41) is 15.8. The minimum atomic E-state index is -1.05. The van der Waals surface area contributed by atoms with Crippen molar-refractivity contribution in [2.24, 2.45) is 0 Å². The molecule has 0 spiro atoms. The van der Waals surface area contributed by atoms with E-state index in [1.165, 1.54) is 11.1 Å². The largest absolute Gasteiger partial charge is 0.480 e. The molecule has 0 aliphatic heterocycles. The number of nitrogens with one attached hydrogen (secondary N) is 2. The summed E-state index contributed by atoms with van der Waals surface area (Å²) in [6.07, 6.45) is 0.924. The van der Waals surface area contributed by atoms with E-state index in [0.29, 0.717) is 12.0 Å². The minimum Gasteiger partial charge on any atom is -0.480 e. The monoisotopic (exact) mass is 444 g/mol. The van der Waals surface area contributed by atoms with E-state index in [0.717, 1.165) is 35.3 Å². The summed E-state index contributed by atoms with van der Waals surface area (Å²) in [6.45, 7) is 7.92. The van der Waals surface area contributed by atoms with E-state index in [-0.39, 0.29) is 12.3 Å². The van der Waals surface area contributed by atoms with Crippen LogP contribution < -0.4 is 10.6 Å². The number of carboxylic acid groups (broad SMARTS) is 1. The third-order valence-electron chi connectivity index (χ3n) is 5.89. The van der Waals surface area contributed by atoms with Crippen molar-refractivity contribution < 1.29 is 14.7 Å². The van der Waals surface area contributed by atoms with Crippen molar-refractivity contribution in [3.8, 4) is 11.1 Å². The third-order valence-corrected chi connectivity index (χ3v) is 5.89. The van der Waals surface area contributed by atoms with Crippen LogP contribution in [0.5, 0.6) is 0 Å². The van der Waals surface area contributed by atoms with Gasteiger partial charge in [-0.1, -0.05) is 68.4 Å². The maximum absolute atomic E-state index is 12.7. The molecule has 0 saturated carbocycles. The number of aryl methyl sites for hydroxylation is 2. The molecule has 1 atom stereocenters. The van der Waals surface area contributed by atoms with Crippen molar-refractivity contribution in [2.75, 3.05) is 6.54 Å². The van der Waals surface area contributed by atoms with Gasteiger partial charge in [-0.2, -0.15) is 0 Å². The van der Waals surface area contributed by atoms with Gasteiger partial charge in [0.15, 0.2) is 0 Å².